The first-order valence-corrected chi connectivity index (χ1v) is 5.00. The molecule has 0 bridgehead atoms. The van der Waals surface area contributed by atoms with Crippen LogP contribution in [0.15, 0.2) is 0 Å². The fourth-order valence-corrected chi connectivity index (χ4v) is 1.66. The highest BCUT2D eigenvalue weighted by Gasteiger charge is 2.58. The molecule has 0 saturated heterocycles. The van der Waals surface area contributed by atoms with Crippen molar-refractivity contribution < 1.29 is 14.7 Å². The summed E-state index contributed by atoms with van der Waals surface area (Å²) in [5, 5.41) is 8.95. The molecule has 0 spiro atoms. The Morgan fingerprint density at radius 3 is 2.14 bits per heavy atom. The maximum atomic E-state index is 11.9. The van der Waals surface area contributed by atoms with Crippen LogP contribution in [0.3, 0.4) is 0 Å². The Kier molecular flexibility index (Phi) is 2.83. The molecule has 0 aliphatic heterocycles. The highest BCUT2D eigenvalue weighted by molar-refractivity contribution is 6.04. The minimum atomic E-state index is -1.08. The summed E-state index contributed by atoms with van der Waals surface area (Å²) in [6.07, 6.45) is 0.981. The molecule has 1 saturated carbocycles. The first-order valence-electron chi connectivity index (χ1n) is 5.00. The number of hydrogen-bond donors (Lipinski definition) is 1. The van der Waals surface area contributed by atoms with Crippen LogP contribution in [0, 0.1) is 5.41 Å². The van der Waals surface area contributed by atoms with Gasteiger partial charge in [0.1, 0.15) is 5.41 Å². The van der Waals surface area contributed by atoms with Gasteiger partial charge in [-0.05, 0) is 33.6 Å². The van der Waals surface area contributed by atoms with Gasteiger partial charge >= 0.3 is 5.97 Å². The fourth-order valence-electron chi connectivity index (χ4n) is 1.66. The molecule has 1 aliphatic rings. The smallest absolute Gasteiger partial charge is 0.319 e. The standard InChI is InChI=1S/C10H17NO3/c1-4-11(7(2)3)8(12)10(5-6-10)9(13)14/h7H,4-6H2,1-3H3,(H,13,14). The molecule has 4 heteroatoms. The summed E-state index contributed by atoms with van der Waals surface area (Å²) < 4.78 is 0. The molecule has 0 unspecified atom stereocenters. The molecule has 0 aromatic carbocycles. The summed E-state index contributed by atoms with van der Waals surface area (Å²) in [7, 11) is 0. The Morgan fingerprint density at radius 1 is 1.43 bits per heavy atom. The van der Waals surface area contributed by atoms with Crippen molar-refractivity contribution in [2.24, 2.45) is 5.41 Å². The van der Waals surface area contributed by atoms with Crippen LogP contribution < -0.4 is 0 Å². The molecular formula is C10H17NO3. The Labute approximate surface area is 83.9 Å². The number of hydrogen-bond acceptors (Lipinski definition) is 2. The van der Waals surface area contributed by atoms with Crippen LogP contribution in [0.25, 0.3) is 0 Å². The summed E-state index contributed by atoms with van der Waals surface area (Å²) in [5.74, 6) is -1.19. The van der Waals surface area contributed by atoms with Crippen molar-refractivity contribution in [2.75, 3.05) is 6.54 Å². The Balaban J connectivity index is 2.78. The number of carboxylic acid groups (broad SMARTS) is 1. The monoisotopic (exact) mass is 199 g/mol. The molecule has 14 heavy (non-hydrogen) atoms. The van der Waals surface area contributed by atoms with Crippen molar-refractivity contribution in [3.05, 3.63) is 0 Å². The highest BCUT2D eigenvalue weighted by Crippen LogP contribution is 2.47. The Hall–Kier alpha value is -1.06. The largest absolute Gasteiger partial charge is 0.480 e. The quantitative estimate of drug-likeness (QED) is 0.690. The van der Waals surface area contributed by atoms with Gasteiger partial charge in [0, 0.05) is 12.6 Å². The second-order valence-corrected chi connectivity index (χ2v) is 4.07. The number of rotatable bonds is 4. The maximum Gasteiger partial charge on any atom is 0.319 e. The third-order valence-electron chi connectivity index (χ3n) is 2.79. The molecule has 0 radical (unpaired) electrons. The van der Waals surface area contributed by atoms with E-state index in [1.807, 2.05) is 20.8 Å². The molecular weight excluding hydrogens is 182 g/mol. The third kappa shape index (κ3) is 1.61. The van der Waals surface area contributed by atoms with Crippen LogP contribution in [0.5, 0.6) is 0 Å². The van der Waals surface area contributed by atoms with Gasteiger partial charge in [-0.3, -0.25) is 9.59 Å². The minimum Gasteiger partial charge on any atom is -0.480 e. The van der Waals surface area contributed by atoms with Gasteiger partial charge in [-0.15, -0.1) is 0 Å². The molecule has 4 nitrogen and oxygen atoms in total. The topological polar surface area (TPSA) is 57.6 Å². The lowest BCUT2D eigenvalue weighted by Crippen LogP contribution is -2.44. The normalized spacial score (nSPS) is 18.0. The van der Waals surface area contributed by atoms with E-state index in [4.69, 9.17) is 5.11 Å². The van der Waals surface area contributed by atoms with E-state index in [2.05, 4.69) is 0 Å². The molecule has 1 aliphatic carbocycles. The lowest BCUT2D eigenvalue weighted by atomic mass is 10.1. The molecule has 0 heterocycles. The fraction of sp³-hybridized carbons (Fsp3) is 0.800. The first kappa shape index (κ1) is 11.0. The van der Waals surface area contributed by atoms with Crippen molar-refractivity contribution in [3.63, 3.8) is 0 Å². The number of carbonyl (C=O) groups excluding carboxylic acids is 1. The maximum absolute atomic E-state index is 11.9. The predicted molar refractivity (Wildman–Crippen MR) is 51.8 cm³/mol. The average molecular weight is 199 g/mol. The molecule has 1 N–H and O–H groups in total. The van der Waals surface area contributed by atoms with Crippen LogP contribution in [-0.4, -0.2) is 34.5 Å². The van der Waals surface area contributed by atoms with E-state index >= 15 is 0 Å². The van der Waals surface area contributed by atoms with Gasteiger partial charge in [0.2, 0.25) is 5.91 Å². The van der Waals surface area contributed by atoms with Gasteiger partial charge in [0.25, 0.3) is 0 Å². The van der Waals surface area contributed by atoms with Crippen molar-refractivity contribution in [3.8, 4) is 0 Å². The molecule has 1 amide bonds. The van der Waals surface area contributed by atoms with Crippen molar-refractivity contribution in [1.29, 1.82) is 0 Å². The van der Waals surface area contributed by atoms with E-state index in [0.717, 1.165) is 0 Å². The summed E-state index contributed by atoms with van der Waals surface area (Å²) in [4.78, 5) is 24.4. The molecule has 80 valence electrons. The summed E-state index contributed by atoms with van der Waals surface area (Å²) in [5.41, 5.74) is -1.08. The Bertz CT molecular complexity index is 256. The number of nitrogens with zero attached hydrogens (tertiary/aromatic N) is 1. The van der Waals surface area contributed by atoms with E-state index in [9.17, 15) is 9.59 Å². The molecule has 0 aromatic heterocycles. The van der Waals surface area contributed by atoms with Gasteiger partial charge in [0.15, 0.2) is 0 Å². The zero-order valence-electron chi connectivity index (χ0n) is 8.91. The van der Waals surface area contributed by atoms with Gasteiger partial charge in [-0.1, -0.05) is 0 Å². The van der Waals surface area contributed by atoms with Crippen molar-refractivity contribution >= 4 is 11.9 Å². The predicted octanol–water partition coefficient (Wildman–Crippen LogP) is 1.11. The summed E-state index contributed by atoms with van der Waals surface area (Å²) in [6.45, 7) is 6.25. The van der Waals surface area contributed by atoms with Crippen LogP contribution in [-0.2, 0) is 9.59 Å². The van der Waals surface area contributed by atoms with E-state index in [-0.39, 0.29) is 11.9 Å². The summed E-state index contributed by atoms with van der Waals surface area (Å²) in [6, 6.07) is 0.0734. The highest BCUT2D eigenvalue weighted by atomic mass is 16.4. The van der Waals surface area contributed by atoms with Crippen LogP contribution in [0.1, 0.15) is 33.6 Å². The number of aliphatic carboxylic acids is 1. The average Bonchev–Trinajstić information content (AvgIpc) is 2.83. The van der Waals surface area contributed by atoms with Gasteiger partial charge in [0.05, 0.1) is 0 Å². The van der Waals surface area contributed by atoms with Crippen LogP contribution in [0.4, 0.5) is 0 Å². The van der Waals surface area contributed by atoms with Gasteiger partial charge in [-0.2, -0.15) is 0 Å². The second kappa shape index (κ2) is 3.59. The number of carboxylic acids is 1. The lowest BCUT2D eigenvalue weighted by Gasteiger charge is -2.27. The van der Waals surface area contributed by atoms with Crippen molar-refractivity contribution in [2.45, 2.75) is 39.7 Å². The van der Waals surface area contributed by atoms with E-state index in [0.29, 0.717) is 19.4 Å². The van der Waals surface area contributed by atoms with Crippen LogP contribution >= 0.6 is 0 Å². The number of amides is 1. The lowest BCUT2D eigenvalue weighted by molar-refractivity contribution is -0.154. The molecule has 1 rings (SSSR count). The van der Waals surface area contributed by atoms with Crippen LogP contribution in [0.2, 0.25) is 0 Å². The van der Waals surface area contributed by atoms with Crippen molar-refractivity contribution in [1.82, 2.24) is 4.90 Å². The third-order valence-corrected chi connectivity index (χ3v) is 2.79. The SMILES string of the molecule is CCN(C(=O)C1(C(=O)O)CC1)C(C)C. The first-order chi connectivity index (χ1) is 6.45. The van der Waals surface area contributed by atoms with E-state index < -0.39 is 11.4 Å². The number of carbonyl (C=O) groups is 2. The second-order valence-electron chi connectivity index (χ2n) is 4.07. The zero-order valence-corrected chi connectivity index (χ0v) is 8.91. The van der Waals surface area contributed by atoms with E-state index in [1.54, 1.807) is 4.90 Å². The summed E-state index contributed by atoms with van der Waals surface area (Å²) >= 11 is 0. The molecule has 1 fully saturated rings. The van der Waals surface area contributed by atoms with Gasteiger partial charge < -0.3 is 10.0 Å². The zero-order chi connectivity index (χ0) is 10.9. The van der Waals surface area contributed by atoms with Gasteiger partial charge in [-0.25, -0.2) is 0 Å². The molecule has 0 atom stereocenters. The minimum absolute atomic E-state index is 0.0734. The van der Waals surface area contributed by atoms with E-state index in [1.165, 1.54) is 0 Å². The Morgan fingerprint density at radius 2 is 1.93 bits per heavy atom. The molecule has 0 aromatic rings.